The van der Waals surface area contributed by atoms with Crippen molar-refractivity contribution in [3.05, 3.63) is 95.6 Å². The van der Waals surface area contributed by atoms with Crippen LogP contribution in [-0.2, 0) is 0 Å². The number of para-hydroxylation sites is 1. The lowest BCUT2D eigenvalue weighted by Crippen LogP contribution is -2.31. The molecule has 146 valence electrons. The molecule has 1 unspecified atom stereocenters. The molecule has 0 aromatic heterocycles. The van der Waals surface area contributed by atoms with Crippen molar-refractivity contribution >= 4 is 28.7 Å². The predicted octanol–water partition coefficient (Wildman–Crippen LogP) is 5.55. The van der Waals surface area contributed by atoms with Gasteiger partial charge < -0.3 is 10.1 Å². The summed E-state index contributed by atoms with van der Waals surface area (Å²) in [6, 6.07) is 26.5. The lowest BCUT2D eigenvalue weighted by Gasteiger charge is -2.25. The first-order valence-corrected chi connectivity index (χ1v) is 9.98. The topological polar surface area (TPSA) is 36.9 Å². The maximum atomic E-state index is 5.73. The Hall–Kier alpha value is -3.18. The van der Waals surface area contributed by atoms with Gasteiger partial charge in [-0.15, -0.1) is 0 Å². The molecule has 0 amide bonds. The van der Waals surface area contributed by atoms with Crippen molar-refractivity contribution in [2.24, 2.45) is 5.10 Å². The van der Waals surface area contributed by atoms with Gasteiger partial charge in [-0.2, -0.15) is 5.10 Å². The normalized spacial score (nSPS) is 15.7. The molecule has 29 heavy (non-hydrogen) atoms. The monoisotopic (exact) mass is 401 g/mol. The summed E-state index contributed by atoms with van der Waals surface area (Å²) < 4.78 is 5.31. The van der Waals surface area contributed by atoms with Crippen molar-refractivity contribution in [2.75, 3.05) is 12.4 Å². The molecule has 0 aliphatic carbocycles. The van der Waals surface area contributed by atoms with Crippen LogP contribution in [0, 0.1) is 6.92 Å². The average molecular weight is 402 g/mol. The van der Waals surface area contributed by atoms with Crippen molar-refractivity contribution in [2.45, 2.75) is 19.4 Å². The van der Waals surface area contributed by atoms with Crippen LogP contribution in [0.4, 0.5) is 5.69 Å². The SMILES string of the molecule is COc1ccc(C2CC(c3cccc(C)c3)=NN2C(=S)Nc2ccccc2)cc1. The minimum absolute atomic E-state index is 0.0279. The van der Waals surface area contributed by atoms with Gasteiger partial charge in [-0.25, -0.2) is 5.01 Å². The summed E-state index contributed by atoms with van der Waals surface area (Å²) in [7, 11) is 1.68. The van der Waals surface area contributed by atoms with Crippen LogP contribution in [0.15, 0.2) is 84.0 Å². The highest BCUT2D eigenvalue weighted by Crippen LogP contribution is 2.34. The molecule has 3 aromatic rings. The minimum Gasteiger partial charge on any atom is -0.497 e. The van der Waals surface area contributed by atoms with Crippen molar-refractivity contribution in [1.82, 2.24) is 5.01 Å². The third kappa shape index (κ3) is 4.30. The molecule has 1 aliphatic rings. The third-order valence-electron chi connectivity index (χ3n) is 5.00. The molecule has 1 atom stereocenters. The molecule has 0 saturated carbocycles. The van der Waals surface area contributed by atoms with Crippen molar-refractivity contribution < 1.29 is 4.74 Å². The van der Waals surface area contributed by atoms with Gasteiger partial charge in [0.15, 0.2) is 5.11 Å². The van der Waals surface area contributed by atoms with E-state index in [0.717, 1.165) is 34.7 Å². The zero-order chi connectivity index (χ0) is 20.2. The fourth-order valence-electron chi connectivity index (χ4n) is 3.48. The number of thiocarbonyl (C=S) groups is 1. The smallest absolute Gasteiger partial charge is 0.194 e. The highest BCUT2D eigenvalue weighted by molar-refractivity contribution is 7.80. The van der Waals surface area contributed by atoms with Crippen LogP contribution in [0.5, 0.6) is 5.75 Å². The summed E-state index contributed by atoms with van der Waals surface area (Å²) in [5, 5.41) is 10.7. The predicted molar refractivity (Wildman–Crippen MR) is 123 cm³/mol. The number of nitrogens with one attached hydrogen (secondary N) is 1. The van der Waals surface area contributed by atoms with E-state index in [1.165, 1.54) is 5.56 Å². The summed E-state index contributed by atoms with van der Waals surface area (Å²) in [4.78, 5) is 0. The minimum atomic E-state index is 0.0279. The summed E-state index contributed by atoms with van der Waals surface area (Å²) in [5.74, 6) is 0.836. The van der Waals surface area contributed by atoms with E-state index >= 15 is 0 Å². The number of methoxy groups -OCH3 is 1. The summed E-state index contributed by atoms with van der Waals surface area (Å²) in [6.07, 6.45) is 0.784. The van der Waals surface area contributed by atoms with Crippen LogP contribution in [0.2, 0.25) is 0 Å². The van der Waals surface area contributed by atoms with E-state index in [1.54, 1.807) is 7.11 Å². The molecule has 3 aromatic carbocycles. The number of hydrazone groups is 1. The van der Waals surface area contributed by atoms with Gasteiger partial charge in [-0.05, 0) is 54.5 Å². The standard InChI is InChI=1S/C24H23N3OS/c1-17-7-6-8-19(15-17)22-16-23(18-11-13-21(28-2)14-12-18)27(26-22)24(29)25-20-9-4-3-5-10-20/h3-15,23H,16H2,1-2H3,(H,25,29). The number of ether oxygens (including phenoxy) is 1. The second-order valence-corrected chi connectivity index (χ2v) is 7.44. The van der Waals surface area contributed by atoms with Crippen molar-refractivity contribution in [3.8, 4) is 5.75 Å². The second kappa shape index (κ2) is 8.45. The maximum absolute atomic E-state index is 5.73. The molecule has 0 radical (unpaired) electrons. The molecule has 1 heterocycles. The van der Waals surface area contributed by atoms with Crippen LogP contribution in [-0.4, -0.2) is 22.9 Å². The Kier molecular flexibility index (Phi) is 5.58. The number of aryl methyl sites for hydroxylation is 1. The first-order chi connectivity index (χ1) is 14.1. The Morgan fingerprint density at radius 3 is 2.48 bits per heavy atom. The first-order valence-electron chi connectivity index (χ1n) is 9.58. The maximum Gasteiger partial charge on any atom is 0.194 e. The Morgan fingerprint density at radius 2 is 1.79 bits per heavy atom. The fourth-order valence-corrected chi connectivity index (χ4v) is 3.77. The van der Waals surface area contributed by atoms with Gasteiger partial charge in [0, 0.05) is 12.1 Å². The number of benzene rings is 3. The van der Waals surface area contributed by atoms with Gasteiger partial charge in [0.05, 0.1) is 18.9 Å². The molecule has 4 nitrogen and oxygen atoms in total. The van der Waals surface area contributed by atoms with E-state index in [-0.39, 0.29) is 6.04 Å². The van der Waals surface area contributed by atoms with E-state index in [0.29, 0.717) is 5.11 Å². The summed E-state index contributed by atoms with van der Waals surface area (Å²) in [6.45, 7) is 2.10. The van der Waals surface area contributed by atoms with Crippen LogP contribution in [0.1, 0.15) is 29.2 Å². The first kappa shape index (κ1) is 19.2. The Bertz CT molecular complexity index is 1030. The Labute approximate surface area is 176 Å². The van der Waals surface area contributed by atoms with E-state index < -0.39 is 0 Å². The Morgan fingerprint density at radius 1 is 1.03 bits per heavy atom. The molecule has 0 bridgehead atoms. The molecule has 0 saturated heterocycles. The second-order valence-electron chi connectivity index (χ2n) is 7.05. The fraction of sp³-hybridized carbons (Fsp3) is 0.167. The van der Waals surface area contributed by atoms with Crippen molar-refractivity contribution in [1.29, 1.82) is 0 Å². The number of hydrogen-bond donors (Lipinski definition) is 1. The van der Waals surface area contributed by atoms with E-state index in [4.69, 9.17) is 22.1 Å². The Balaban J connectivity index is 1.65. The van der Waals surface area contributed by atoms with Gasteiger partial charge in [-0.1, -0.05) is 60.2 Å². The van der Waals surface area contributed by atoms with Gasteiger partial charge >= 0.3 is 0 Å². The van der Waals surface area contributed by atoms with Crippen LogP contribution < -0.4 is 10.1 Å². The van der Waals surface area contributed by atoms with E-state index in [1.807, 2.05) is 47.5 Å². The van der Waals surface area contributed by atoms with Gasteiger partial charge in [0.25, 0.3) is 0 Å². The third-order valence-corrected chi connectivity index (χ3v) is 5.28. The number of hydrogen-bond acceptors (Lipinski definition) is 3. The van der Waals surface area contributed by atoms with Crippen LogP contribution in [0.3, 0.4) is 0 Å². The van der Waals surface area contributed by atoms with Gasteiger partial charge in [0.1, 0.15) is 5.75 Å². The lowest BCUT2D eigenvalue weighted by molar-refractivity contribution is 0.374. The lowest BCUT2D eigenvalue weighted by atomic mass is 9.98. The summed E-state index contributed by atoms with van der Waals surface area (Å²) >= 11 is 5.73. The molecule has 4 rings (SSSR count). The largest absolute Gasteiger partial charge is 0.497 e. The van der Waals surface area contributed by atoms with E-state index in [9.17, 15) is 0 Å². The number of nitrogens with zero attached hydrogens (tertiary/aromatic N) is 2. The highest BCUT2D eigenvalue weighted by Gasteiger charge is 2.31. The van der Waals surface area contributed by atoms with Crippen molar-refractivity contribution in [3.63, 3.8) is 0 Å². The molecule has 1 aliphatic heterocycles. The molecule has 0 fully saturated rings. The summed E-state index contributed by atoms with van der Waals surface area (Å²) in [5.41, 5.74) is 5.48. The molecule has 0 spiro atoms. The van der Waals surface area contributed by atoms with E-state index in [2.05, 4.69) is 48.6 Å². The van der Waals surface area contributed by atoms with Gasteiger partial charge in [0.2, 0.25) is 0 Å². The van der Waals surface area contributed by atoms with Gasteiger partial charge in [-0.3, -0.25) is 0 Å². The quantitative estimate of drug-likeness (QED) is 0.582. The highest BCUT2D eigenvalue weighted by atomic mass is 32.1. The van der Waals surface area contributed by atoms with Crippen LogP contribution >= 0.6 is 12.2 Å². The zero-order valence-electron chi connectivity index (χ0n) is 16.5. The number of anilines is 1. The van der Waals surface area contributed by atoms with Crippen LogP contribution in [0.25, 0.3) is 0 Å². The molecule has 1 N–H and O–H groups in total. The zero-order valence-corrected chi connectivity index (χ0v) is 17.3. The molecular weight excluding hydrogens is 378 g/mol. The average Bonchev–Trinajstić information content (AvgIpc) is 3.20. The molecule has 5 heteroatoms. The molecular formula is C24H23N3OS. The number of rotatable bonds is 4.